The van der Waals surface area contributed by atoms with Crippen LogP contribution in [0.1, 0.15) is 22.9 Å². The fourth-order valence-corrected chi connectivity index (χ4v) is 1.72. The second-order valence-corrected chi connectivity index (χ2v) is 3.91. The lowest BCUT2D eigenvalue weighted by Crippen LogP contribution is -2.16. The summed E-state index contributed by atoms with van der Waals surface area (Å²) in [7, 11) is 0. The monoisotopic (exact) mass is 268 g/mol. The fourth-order valence-electron chi connectivity index (χ4n) is 1.72. The van der Waals surface area contributed by atoms with Crippen molar-refractivity contribution in [2.75, 3.05) is 6.54 Å². The van der Waals surface area contributed by atoms with Crippen LogP contribution in [0.15, 0.2) is 36.9 Å². The van der Waals surface area contributed by atoms with Crippen LogP contribution in [0.4, 0.5) is 13.2 Å². The van der Waals surface area contributed by atoms with Crippen LogP contribution in [0.5, 0.6) is 0 Å². The summed E-state index contributed by atoms with van der Waals surface area (Å²) in [5, 5.41) is 0. The molecule has 2 rings (SSSR count). The molecule has 19 heavy (non-hydrogen) atoms. The number of alkyl halides is 3. The zero-order valence-electron chi connectivity index (χ0n) is 9.80. The van der Waals surface area contributed by atoms with Crippen molar-refractivity contribution < 1.29 is 13.2 Å². The van der Waals surface area contributed by atoms with E-state index in [0.717, 1.165) is 18.0 Å². The number of hydrogen-bond acceptors (Lipinski definition) is 4. The summed E-state index contributed by atoms with van der Waals surface area (Å²) in [5.41, 5.74) is 7.07. The highest BCUT2D eigenvalue weighted by molar-refractivity contribution is 5.28. The van der Waals surface area contributed by atoms with E-state index in [1.54, 1.807) is 24.5 Å². The SMILES string of the molecule is NC[C@H](c1ccncc1)c1cnc(C(F)(F)F)nc1. The lowest BCUT2D eigenvalue weighted by Gasteiger charge is -2.15. The number of aromatic nitrogens is 3. The van der Waals surface area contributed by atoms with Crippen molar-refractivity contribution in [3.05, 3.63) is 53.9 Å². The predicted octanol–water partition coefficient (Wildman–Crippen LogP) is 1.98. The Morgan fingerprint density at radius 1 is 1.05 bits per heavy atom. The van der Waals surface area contributed by atoms with Crippen LogP contribution in [0.2, 0.25) is 0 Å². The van der Waals surface area contributed by atoms with Gasteiger partial charge in [0.25, 0.3) is 0 Å². The van der Waals surface area contributed by atoms with Crippen molar-refractivity contribution in [3.63, 3.8) is 0 Å². The first-order valence-electron chi connectivity index (χ1n) is 5.51. The average molecular weight is 268 g/mol. The van der Waals surface area contributed by atoms with Crippen LogP contribution >= 0.6 is 0 Å². The number of nitrogens with zero attached hydrogens (tertiary/aromatic N) is 3. The maximum atomic E-state index is 12.4. The highest BCUT2D eigenvalue weighted by Crippen LogP contribution is 2.27. The minimum atomic E-state index is -4.53. The molecule has 2 N–H and O–H groups in total. The van der Waals surface area contributed by atoms with Crippen LogP contribution in [0.3, 0.4) is 0 Å². The van der Waals surface area contributed by atoms with Gasteiger partial charge < -0.3 is 5.73 Å². The lowest BCUT2D eigenvalue weighted by atomic mass is 9.94. The summed E-state index contributed by atoms with van der Waals surface area (Å²) in [5.74, 6) is -1.40. The Hall–Kier alpha value is -2.02. The van der Waals surface area contributed by atoms with E-state index in [9.17, 15) is 13.2 Å². The van der Waals surface area contributed by atoms with Gasteiger partial charge in [0.15, 0.2) is 0 Å². The van der Waals surface area contributed by atoms with E-state index >= 15 is 0 Å². The van der Waals surface area contributed by atoms with Gasteiger partial charge in [-0.2, -0.15) is 13.2 Å². The molecule has 2 aromatic rings. The van der Waals surface area contributed by atoms with Crippen molar-refractivity contribution in [3.8, 4) is 0 Å². The van der Waals surface area contributed by atoms with E-state index in [2.05, 4.69) is 15.0 Å². The van der Waals surface area contributed by atoms with Crippen LogP contribution in [0.25, 0.3) is 0 Å². The molecule has 0 fully saturated rings. The maximum absolute atomic E-state index is 12.4. The van der Waals surface area contributed by atoms with Crippen molar-refractivity contribution >= 4 is 0 Å². The van der Waals surface area contributed by atoms with E-state index in [4.69, 9.17) is 5.73 Å². The number of rotatable bonds is 3. The molecule has 0 bridgehead atoms. The van der Waals surface area contributed by atoms with Gasteiger partial charge in [-0.15, -0.1) is 0 Å². The first kappa shape index (κ1) is 13.4. The fraction of sp³-hybridized carbons (Fsp3) is 0.250. The van der Waals surface area contributed by atoms with Gasteiger partial charge in [-0.1, -0.05) is 0 Å². The molecule has 0 radical (unpaired) electrons. The van der Waals surface area contributed by atoms with Gasteiger partial charge in [-0.05, 0) is 23.3 Å². The first-order chi connectivity index (χ1) is 9.02. The Balaban J connectivity index is 2.30. The Morgan fingerprint density at radius 3 is 2.11 bits per heavy atom. The molecular formula is C12H11F3N4. The zero-order chi connectivity index (χ0) is 13.9. The standard InChI is InChI=1S/C12H11F3N4/c13-12(14,15)11-18-6-9(7-19-11)10(5-16)8-1-3-17-4-2-8/h1-4,6-7,10H,5,16H2/t10-/m1/s1. The van der Waals surface area contributed by atoms with Crippen LogP contribution < -0.4 is 5.73 Å². The van der Waals surface area contributed by atoms with Crippen LogP contribution in [0, 0.1) is 0 Å². The predicted molar refractivity (Wildman–Crippen MR) is 62.2 cm³/mol. The summed E-state index contributed by atoms with van der Waals surface area (Å²) in [6, 6.07) is 3.52. The summed E-state index contributed by atoms with van der Waals surface area (Å²) < 4.78 is 37.1. The van der Waals surface area contributed by atoms with Crippen molar-refractivity contribution in [2.45, 2.75) is 12.1 Å². The Labute approximate surface area is 107 Å². The van der Waals surface area contributed by atoms with E-state index in [1.165, 1.54) is 0 Å². The van der Waals surface area contributed by atoms with Gasteiger partial charge in [-0.25, -0.2) is 9.97 Å². The van der Waals surface area contributed by atoms with Crippen molar-refractivity contribution in [2.24, 2.45) is 5.73 Å². The van der Waals surface area contributed by atoms with Crippen LogP contribution in [-0.2, 0) is 6.18 Å². The van der Waals surface area contributed by atoms with E-state index < -0.39 is 12.0 Å². The van der Waals surface area contributed by atoms with Gasteiger partial charge in [-0.3, -0.25) is 4.98 Å². The van der Waals surface area contributed by atoms with E-state index in [1.807, 2.05) is 0 Å². The molecule has 2 heterocycles. The largest absolute Gasteiger partial charge is 0.451 e. The first-order valence-corrected chi connectivity index (χ1v) is 5.51. The number of nitrogens with two attached hydrogens (primary N) is 1. The molecular weight excluding hydrogens is 257 g/mol. The van der Waals surface area contributed by atoms with Gasteiger partial charge in [0.2, 0.25) is 5.82 Å². The zero-order valence-corrected chi connectivity index (χ0v) is 9.80. The second-order valence-electron chi connectivity index (χ2n) is 3.91. The van der Waals surface area contributed by atoms with Crippen molar-refractivity contribution in [1.29, 1.82) is 0 Å². The molecule has 7 heteroatoms. The highest BCUT2D eigenvalue weighted by Gasteiger charge is 2.34. The van der Waals surface area contributed by atoms with Gasteiger partial charge >= 0.3 is 6.18 Å². The number of halogens is 3. The van der Waals surface area contributed by atoms with Gasteiger partial charge in [0.05, 0.1) is 0 Å². The third kappa shape index (κ3) is 3.05. The molecule has 0 aliphatic rings. The molecule has 0 unspecified atom stereocenters. The molecule has 0 amide bonds. The van der Waals surface area contributed by atoms with Gasteiger partial charge in [0, 0.05) is 37.3 Å². The minimum absolute atomic E-state index is 0.245. The molecule has 0 saturated carbocycles. The Kier molecular flexibility index (Phi) is 3.75. The Morgan fingerprint density at radius 2 is 1.63 bits per heavy atom. The molecule has 0 aliphatic heterocycles. The van der Waals surface area contributed by atoms with Crippen molar-refractivity contribution in [1.82, 2.24) is 15.0 Å². The lowest BCUT2D eigenvalue weighted by molar-refractivity contribution is -0.145. The molecule has 1 atom stereocenters. The molecule has 0 aromatic carbocycles. The smallest absolute Gasteiger partial charge is 0.330 e. The average Bonchev–Trinajstić information content (AvgIpc) is 2.40. The molecule has 100 valence electrons. The highest BCUT2D eigenvalue weighted by atomic mass is 19.4. The summed E-state index contributed by atoms with van der Waals surface area (Å²) in [6.07, 6.45) is 0.987. The number of hydrogen-bond donors (Lipinski definition) is 1. The third-order valence-electron chi connectivity index (χ3n) is 2.67. The third-order valence-corrected chi connectivity index (χ3v) is 2.67. The summed E-state index contributed by atoms with van der Waals surface area (Å²) in [6.45, 7) is 0.249. The van der Waals surface area contributed by atoms with E-state index in [0.29, 0.717) is 5.56 Å². The molecule has 0 spiro atoms. The molecule has 0 saturated heterocycles. The second kappa shape index (κ2) is 5.31. The molecule has 0 aliphatic carbocycles. The Bertz CT molecular complexity index is 525. The number of pyridine rings is 1. The van der Waals surface area contributed by atoms with E-state index in [-0.39, 0.29) is 12.5 Å². The minimum Gasteiger partial charge on any atom is -0.330 e. The summed E-state index contributed by atoms with van der Waals surface area (Å²) >= 11 is 0. The molecule has 4 nitrogen and oxygen atoms in total. The maximum Gasteiger partial charge on any atom is 0.451 e. The topological polar surface area (TPSA) is 64.7 Å². The normalized spacial score (nSPS) is 13.3. The van der Waals surface area contributed by atoms with Crippen LogP contribution in [-0.4, -0.2) is 21.5 Å². The van der Waals surface area contributed by atoms with Gasteiger partial charge in [0.1, 0.15) is 0 Å². The quantitative estimate of drug-likeness (QED) is 0.924. The summed E-state index contributed by atoms with van der Waals surface area (Å²) in [4.78, 5) is 10.6. The molecule has 2 aromatic heterocycles.